The van der Waals surface area contributed by atoms with Crippen LogP contribution < -0.4 is 5.73 Å². The average molecular weight is 576 g/mol. The predicted molar refractivity (Wildman–Crippen MR) is 129 cm³/mol. The van der Waals surface area contributed by atoms with Crippen LogP contribution in [0.1, 0.15) is 42.3 Å². The predicted octanol–water partition coefficient (Wildman–Crippen LogP) is 4.60. The van der Waals surface area contributed by atoms with Crippen LogP contribution in [-0.4, -0.2) is 71.1 Å². The van der Waals surface area contributed by atoms with Crippen molar-refractivity contribution in [1.82, 2.24) is 14.8 Å². The molecule has 0 saturated carbocycles. The Balaban J connectivity index is 2.00. The second kappa shape index (κ2) is 10.8. The fraction of sp³-hybridized carbons (Fsp3) is 0.440. The molecule has 0 spiro atoms. The van der Waals surface area contributed by atoms with Gasteiger partial charge in [-0.15, -0.1) is 0 Å². The lowest BCUT2D eigenvalue weighted by atomic mass is 9.98. The molecule has 0 unspecified atom stereocenters. The molecular formula is C25H26F6N4O5. The standard InChI is InChI=1S/C25H26F6N4O5/c1-23(2,3)40-22(38)34-5-6-35(18(12-34)21(37)39-4)20(36)17-9-14(11-33-19(17)32)13-7-15(24(26,27)28)10-16(8-13)25(29,30)31/h7-11,18H,5-6,12H2,1-4H3,(H2,32,33)/t18-/m0/s1. The van der Waals surface area contributed by atoms with Crippen molar-refractivity contribution >= 4 is 23.8 Å². The third kappa shape index (κ3) is 6.93. The van der Waals surface area contributed by atoms with Gasteiger partial charge in [-0.05, 0) is 50.6 Å². The number of pyridine rings is 1. The number of carbonyl (C=O) groups is 3. The second-order valence-electron chi connectivity index (χ2n) is 9.92. The number of halogens is 6. The van der Waals surface area contributed by atoms with E-state index in [1.807, 2.05) is 0 Å². The van der Waals surface area contributed by atoms with Crippen molar-refractivity contribution in [1.29, 1.82) is 0 Å². The lowest BCUT2D eigenvalue weighted by molar-refractivity contribution is -0.148. The lowest BCUT2D eigenvalue weighted by Crippen LogP contribution is -2.60. The Bertz CT molecular complexity index is 1270. The number of esters is 1. The highest BCUT2D eigenvalue weighted by molar-refractivity contribution is 6.01. The van der Waals surface area contributed by atoms with E-state index in [-0.39, 0.29) is 42.6 Å². The quantitative estimate of drug-likeness (QED) is 0.420. The summed E-state index contributed by atoms with van der Waals surface area (Å²) in [6.07, 6.45) is -9.98. The minimum absolute atomic E-state index is 0.0224. The topological polar surface area (TPSA) is 115 Å². The Morgan fingerprint density at radius 3 is 2.00 bits per heavy atom. The molecule has 0 radical (unpaired) electrons. The molecule has 218 valence electrons. The number of ether oxygens (including phenoxy) is 2. The number of aromatic nitrogens is 1. The number of hydrogen-bond acceptors (Lipinski definition) is 7. The maximum atomic E-state index is 13.5. The van der Waals surface area contributed by atoms with Crippen molar-refractivity contribution < 1.29 is 50.2 Å². The van der Waals surface area contributed by atoms with Crippen LogP contribution in [0.25, 0.3) is 11.1 Å². The van der Waals surface area contributed by atoms with Crippen LogP contribution in [0, 0.1) is 0 Å². The molecule has 9 nitrogen and oxygen atoms in total. The van der Waals surface area contributed by atoms with E-state index >= 15 is 0 Å². The molecule has 0 bridgehead atoms. The molecule has 2 N–H and O–H groups in total. The number of benzene rings is 1. The van der Waals surface area contributed by atoms with E-state index in [1.54, 1.807) is 20.8 Å². The number of alkyl halides is 6. The fourth-order valence-corrected chi connectivity index (χ4v) is 3.94. The summed E-state index contributed by atoms with van der Waals surface area (Å²) in [5, 5.41) is 0. The smallest absolute Gasteiger partial charge is 0.416 e. The molecule has 1 atom stereocenters. The number of rotatable bonds is 3. The zero-order valence-electron chi connectivity index (χ0n) is 21.8. The number of nitrogens with two attached hydrogens (primary N) is 1. The summed E-state index contributed by atoms with van der Waals surface area (Å²) >= 11 is 0. The van der Waals surface area contributed by atoms with Crippen LogP contribution in [-0.2, 0) is 26.6 Å². The van der Waals surface area contributed by atoms with Crippen molar-refractivity contribution in [2.45, 2.75) is 44.8 Å². The number of methoxy groups -OCH3 is 1. The zero-order valence-corrected chi connectivity index (χ0v) is 21.8. The summed E-state index contributed by atoms with van der Waals surface area (Å²) < 4.78 is 90.2. The van der Waals surface area contributed by atoms with Crippen LogP contribution in [0.3, 0.4) is 0 Å². The van der Waals surface area contributed by atoms with Gasteiger partial charge in [0.25, 0.3) is 5.91 Å². The first kappa shape index (κ1) is 30.5. The van der Waals surface area contributed by atoms with Crippen LogP contribution in [0.4, 0.5) is 37.0 Å². The highest BCUT2D eigenvalue weighted by atomic mass is 19.4. The number of anilines is 1. The monoisotopic (exact) mass is 576 g/mol. The Morgan fingerprint density at radius 2 is 1.50 bits per heavy atom. The Hall–Kier alpha value is -4.04. The Labute approximate surface area is 224 Å². The molecule has 2 aromatic rings. The van der Waals surface area contributed by atoms with E-state index in [9.17, 15) is 40.7 Å². The number of hydrogen-bond donors (Lipinski definition) is 1. The number of carbonyl (C=O) groups excluding carboxylic acids is 3. The van der Waals surface area contributed by atoms with Crippen LogP contribution in [0.5, 0.6) is 0 Å². The molecular weight excluding hydrogens is 550 g/mol. The van der Waals surface area contributed by atoms with Crippen molar-refractivity contribution in [3.63, 3.8) is 0 Å². The number of piperazine rings is 1. The first-order chi connectivity index (χ1) is 18.3. The molecule has 1 fully saturated rings. The van der Waals surface area contributed by atoms with Gasteiger partial charge in [0.05, 0.1) is 30.3 Å². The third-order valence-electron chi connectivity index (χ3n) is 5.84. The van der Waals surface area contributed by atoms with Gasteiger partial charge in [0.2, 0.25) is 0 Å². The van der Waals surface area contributed by atoms with Gasteiger partial charge in [-0.3, -0.25) is 4.79 Å². The van der Waals surface area contributed by atoms with Gasteiger partial charge in [-0.25, -0.2) is 14.6 Å². The van der Waals surface area contributed by atoms with Crippen molar-refractivity contribution in [3.05, 3.63) is 47.2 Å². The summed E-state index contributed by atoms with van der Waals surface area (Å²) in [6.45, 7) is 4.39. The van der Waals surface area contributed by atoms with Gasteiger partial charge < -0.3 is 25.0 Å². The summed E-state index contributed by atoms with van der Waals surface area (Å²) in [4.78, 5) is 44.6. The maximum absolute atomic E-state index is 13.5. The SMILES string of the molecule is COC(=O)[C@@H]1CN(C(=O)OC(C)(C)C)CCN1C(=O)c1cc(-c2cc(C(F)(F)F)cc(C(F)(F)F)c2)cnc1N. The largest absolute Gasteiger partial charge is 0.467 e. The second-order valence-corrected chi connectivity index (χ2v) is 9.92. The van der Waals surface area contributed by atoms with Gasteiger partial charge in [-0.1, -0.05) is 0 Å². The Kier molecular flexibility index (Phi) is 8.27. The van der Waals surface area contributed by atoms with E-state index in [0.29, 0.717) is 12.1 Å². The van der Waals surface area contributed by atoms with Gasteiger partial charge in [0, 0.05) is 24.8 Å². The van der Waals surface area contributed by atoms with Gasteiger partial charge in [-0.2, -0.15) is 26.3 Å². The fourth-order valence-electron chi connectivity index (χ4n) is 3.94. The Morgan fingerprint density at radius 1 is 0.925 bits per heavy atom. The summed E-state index contributed by atoms with van der Waals surface area (Å²) in [7, 11) is 1.07. The molecule has 2 amide bonds. The molecule has 0 aliphatic carbocycles. The first-order valence-corrected chi connectivity index (χ1v) is 11.7. The molecule has 1 aromatic heterocycles. The maximum Gasteiger partial charge on any atom is 0.416 e. The van der Waals surface area contributed by atoms with E-state index in [1.165, 1.54) is 4.90 Å². The molecule has 1 aliphatic heterocycles. The number of nitrogens with zero attached hydrogens (tertiary/aromatic N) is 3. The third-order valence-corrected chi connectivity index (χ3v) is 5.84. The number of nitrogen functional groups attached to an aromatic ring is 1. The molecule has 1 aliphatic rings. The van der Waals surface area contributed by atoms with Gasteiger partial charge >= 0.3 is 24.4 Å². The van der Waals surface area contributed by atoms with Crippen molar-refractivity contribution in [2.75, 3.05) is 32.5 Å². The van der Waals surface area contributed by atoms with Crippen LogP contribution >= 0.6 is 0 Å². The van der Waals surface area contributed by atoms with E-state index < -0.39 is 58.7 Å². The summed E-state index contributed by atoms with van der Waals surface area (Å²) in [5.74, 6) is -2.15. The normalized spacial score (nSPS) is 16.5. The summed E-state index contributed by atoms with van der Waals surface area (Å²) in [6, 6.07) is 0.647. The van der Waals surface area contributed by atoms with E-state index in [4.69, 9.17) is 15.2 Å². The highest BCUT2D eigenvalue weighted by Gasteiger charge is 2.40. The van der Waals surface area contributed by atoms with Crippen molar-refractivity contribution in [2.24, 2.45) is 0 Å². The molecule has 1 aromatic carbocycles. The van der Waals surface area contributed by atoms with Crippen LogP contribution in [0.2, 0.25) is 0 Å². The molecule has 3 rings (SSSR count). The molecule has 1 saturated heterocycles. The van der Waals surface area contributed by atoms with Gasteiger partial charge in [0.15, 0.2) is 0 Å². The minimum Gasteiger partial charge on any atom is -0.467 e. The molecule has 15 heteroatoms. The van der Waals surface area contributed by atoms with E-state index in [0.717, 1.165) is 24.3 Å². The average Bonchev–Trinajstić information content (AvgIpc) is 2.85. The highest BCUT2D eigenvalue weighted by Crippen LogP contribution is 2.39. The zero-order chi connectivity index (χ0) is 30.2. The lowest BCUT2D eigenvalue weighted by Gasteiger charge is -2.40. The summed E-state index contributed by atoms with van der Waals surface area (Å²) in [5.41, 5.74) is 0.784. The number of amides is 2. The first-order valence-electron chi connectivity index (χ1n) is 11.7. The minimum atomic E-state index is -5.09. The van der Waals surface area contributed by atoms with E-state index in [2.05, 4.69) is 4.98 Å². The van der Waals surface area contributed by atoms with Crippen molar-refractivity contribution in [3.8, 4) is 11.1 Å². The van der Waals surface area contributed by atoms with Gasteiger partial charge in [0.1, 0.15) is 17.5 Å². The van der Waals surface area contributed by atoms with Crippen LogP contribution in [0.15, 0.2) is 30.5 Å². The molecule has 40 heavy (non-hydrogen) atoms. The molecule has 2 heterocycles.